The number of amides is 1. The van der Waals surface area contributed by atoms with Gasteiger partial charge in [-0.1, -0.05) is 55.9 Å². The Bertz CT molecular complexity index is 1060. The summed E-state index contributed by atoms with van der Waals surface area (Å²) in [5, 5.41) is 12.1. The Labute approximate surface area is 187 Å². The van der Waals surface area contributed by atoms with E-state index in [1.54, 1.807) is 0 Å². The van der Waals surface area contributed by atoms with Crippen LogP contribution in [0.1, 0.15) is 54.4 Å². The van der Waals surface area contributed by atoms with Gasteiger partial charge >= 0.3 is 0 Å². The van der Waals surface area contributed by atoms with E-state index in [-0.39, 0.29) is 17.2 Å². The third kappa shape index (κ3) is 4.61. The molecular weight excluding hydrogens is 406 g/mol. The van der Waals surface area contributed by atoms with E-state index in [9.17, 15) is 4.79 Å². The SMILES string of the molecule is CCCc1nnc2n1N[C@@H](c1ccc(CC)cc1)[C@H](C(=O)Nc1cc(C)cc(C)c1)S2. The number of carbonyl (C=O) groups excluding carboxylic acids is 1. The van der Waals surface area contributed by atoms with Gasteiger partial charge in [-0.05, 0) is 61.1 Å². The normalized spacial score (nSPS) is 17.7. The Hall–Kier alpha value is -2.80. The van der Waals surface area contributed by atoms with Crippen molar-refractivity contribution < 1.29 is 4.79 Å². The van der Waals surface area contributed by atoms with Gasteiger partial charge in [-0.15, -0.1) is 10.2 Å². The number of anilines is 1. The first-order valence-corrected chi connectivity index (χ1v) is 11.7. The standard InChI is InChI=1S/C24H29N5OS/c1-5-7-20-26-27-24-29(20)28-21(18-10-8-17(6-2)9-11-18)22(31-24)23(30)25-19-13-15(3)12-16(4)14-19/h8-14,21-22,28H,5-7H2,1-4H3,(H,25,30)/t21-,22+/m0/s1. The van der Waals surface area contributed by atoms with Gasteiger partial charge in [0.05, 0.1) is 6.04 Å². The molecule has 2 aromatic carbocycles. The molecule has 0 fully saturated rings. The molecule has 2 atom stereocenters. The van der Waals surface area contributed by atoms with Crippen molar-refractivity contribution in [3.63, 3.8) is 0 Å². The highest BCUT2D eigenvalue weighted by Gasteiger charge is 2.37. The molecule has 0 radical (unpaired) electrons. The molecule has 2 heterocycles. The highest BCUT2D eigenvalue weighted by atomic mass is 32.2. The number of nitrogens with one attached hydrogen (secondary N) is 2. The maximum absolute atomic E-state index is 13.4. The molecule has 0 saturated heterocycles. The van der Waals surface area contributed by atoms with Crippen molar-refractivity contribution in [2.75, 3.05) is 10.7 Å². The molecule has 0 spiro atoms. The number of benzene rings is 2. The lowest BCUT2D eigenvalue weighted by molar-refractivity contribution is -0.116. The van der Waals surface area contributed by atoms with Crippen molar-refractivity contribution in [2.24, 2.45) is 0 Å². The highest BCUT2D eigenvalue weighted by Crippen LogP contribution is 2.38. The zero-order valence-corrected chi connectivity index (χ0v) is 19.3. The quantitative estimate of drug-likeness (QED) is 0.581. The van der Waals surface area contributed by atoms with Crippen LogP contribution in [0.3, 0.4) is 0 Å². The van der Waals surface area contributed by atoms with Crippen LogP contribution in [0.2, 0.25) is 0 Å². The van der Waals surface area contributed by atoms with Gasteiger partial charge < -0.3 is 10.7 Å². The lowest BCUT2D eigenvalue weighted by atomic mass is 10.0. The van der Waals surface area contributed by atoms with Crippen LogP contribution in [-0.2, 0) is 17.6 Å². The molecule has 1 amide bonds. The van der Waals surface area contributed by atoms with E-state index >= 15 is 0 Å². The number of carbonyl (C=O) groups is 1. The second-order valence-electron chi connectivity index (χ2n) is 8.09. The van der Waals surface area contributed by atoms with Gasteiger partial charge in [0.25, 0.3) is 0 Å². The zero-order valence-electron chi connectivity index (χ0n) is 18.5. The number of aryl methyl sites for hydroxylation is 4. The number of rotatable bonds is 6. The largest absolute Gasteiger partial charge is 0.325 e. The Morgan fingerprint density at radius 2 is 1.81 bits per heavy atom. The molecule has 6 nitrogen and oxygen atoms in total. The summed E-state index contributed by atoms with van der Waals surface area (Å²) in [6.07, 6.45) is 2.80. The van der Waals surface area contributed by atoms with Gasteiger partial charge in [-0.25, -0.2) is 4.68 Å². The molecule has 7 heteroatoms. The molecule has 1 aromatic heterocycles. The van der Waals surface area contributed by atoms with E-state index < -0.39 is 0 Å². The molecule has 1 aliphatic heterocycles. The van der Waals surface area contributed by atoms with Crippen LogP contribution in [0.25, 0.3) is 0 Å². The minimum absolute atomic E-state index is 0.0432. The summed E-state index contributed by atoms with van der Waals surface area (Å²) in [4.78, 5) is 13.4. The second-order valence-corrected chi connectivity index (χ2v) is 9.20. The fraction of sp³-hybridized carbons (Fsp3) is 0.375. The number of aromatic nitrogens is 3. The Kier molecular flexibility index (Phi) is 6.32. The summed E-state index contributed by atoms with van der Waals surface area (Å²) in [5.74, 6) is 0.853. The maximum Gasteiger partial charge on any atom is 0.240 e. The van der Waals surface area contributed by atoms with E-state index in [1.807, 2.05) is 30.7 Å². The molecule has 0 bridgehead atoms. The first-order valence-electron chi connectivity index (χ1n) is 10.8. The summed E-state index contributed by atoms with van der Waals surface area (Å²) in [6.45, 7) is 8.34. The monoisotopic (exact) mass is 435 g/mol. The number of hydrogen-bond donors (Lipinski definition) is 2. The van der Waals surface area contributed by atoms with Crippen molar-refractivity contribution in [1.82, 2.24) is 14.9 Å². The Morgan fingerprint density at radius 1 is 1.10 bits per heavy atom. The lowest BCUT2D eigenvalue weighted by Crippen LogP contribution is -2.41. The summed E-state index contributed by atoms with van der Waals surface area (Å²) >= 11 is 1.47. The van der Waals surface area contributed by atoms with Crippen LogP contribution in [0.4, 0.5) is 5.69 Å². The van der Waals surface area contributed by atoms with Crippen LogP contribution in [-0.4, -0.2) is 26.0 Å². The Morgan fingerprint density at radius 3 is 2.45 bits per heavy atom. The van der Waals surface area contributed by atoms with Gasteiger partial charge in [0.15, 0.2) is 5.82 Å². The van der Waals surface area contributed by atoms with E-state index in [2.05, 4.69) is 65.1 Å². The van der Waals surface area contributed by atoms with Gasteiger partial charge in [0.2, 0.25) is 11.1 Å². The number of fused-ring (bicyclic) bond motifs is 1. The van der Waals surface area contributed by atoms with Gasteiger partial charge in [0, 0.05) is 12.1 Å². The summed E-state index contributed by atoms with van der Waals surface area (Å²) in [5.41, 5.74) is 8.96. The fourth-order valence-corrected chi connectivity index (χ4v) is 5.05. The Balaban J connectivity index is 1.66. The van der Waals surface area contributed by atoms with E-state index in [4.69, 9.17) is 0 Å². The molecule has 2 N–H and O–H groups in total. The fourth-order valence-electron chi connectivity index (χ4n) is 3.96. The average Bonchev–Trinajstić information content (AvgIpc) is 3.14. The maximum atomic E-state index is 13.4. The third-order valence-electron chi connectivity index (χ3n) is 5.47. The van der Waals surface area contributed by atoms with Crippen molar-refractivity contribution in [1.29, 1.82) is 0 Å². The van der Waals surface area contributed by atoms with Gasteiger partial charge in [-0.2, -0.15) is 0 Å². The molecule has 0 aliphatic carbocycles. The van der Waals surface area contributed by atoms with E-state index in [0.29, 0.717) is 0 Å². The molecule has 0 saturated carbocycles. The molecular formula is C24H29N5OS. The predicted molar refractivity (Wildman–Crippen MR) is 126 cm³/mol. The van der Waals surface area contributed by atoms with Gasteiger partial charge in [-0.3, -0.25) is 4.79 Å². The van der Waals surface area contributed by atoms with Gasteiger partial charge in [0.1, 0.15) is 5.25 Å². The molecule has 3 aromatic rings. The summed E-state index contributed by atoms with van der Waals surface area (Å²) in [7, 11) is 0. The first-order chi connectivity index (χ1) is 15.0. The number of nitrogens with zero attached hydrogens (tertiary/aromatic N) is 3. The number of hydrogen-bond acceptors (Lipinski definition) is 5. The molecule has 4 rings (SSSR count). The van der Waals surface area contributed by atoms with Crippen LogP contribution >= 0.6 is 11.8 Å². The topological polar surface area (TPSA) is 71.8 Å². The minimum atomic E-state index is -0.375. The third-order valence-corrected chi connectivity index (χ3v) is 6.69. The number of thioether (sulfide) groups is 1. The van der Waals surface area contributed by atoms with Crippen molar-refractivity contribution in [2.45, 2.75) is 63.4 Å². The predicted octanol–water partition coefficient (Wildman–Crippen LogP) is 4.81. The van der Waals surface area contributed by atoms with Crippen LogP contribution in [0.15, 0.2) is 47.6 Å². The van der Waals surface area contributed by atoms with Crippen LogP contribution in [0, 0.1) is 13.8 Å². The summed E-state index contributed by atoms with van der Waals surface area (Å²) < 4.78 is 1.95. The van der Waals surface area contributed by atoms with Crippen LogP contribution in [0.5, 0.6) is 0 Å². The van der Waals surface area contributed by atoms with Crippen molar-refractivity contribution in [3.8, 4) is 0 Å². The minimum Gasteiger partial charge on any atom is -0.325 e. The van der Waals surface area contributed by atoms with Crippen molar-refractivity contribution in [3.05, 3.63) is 70.5 Å². The molecule has 162 valence electrons. The smallest absolute Gasteiger partial charge is 0.240 e. The van der Waals surface area contributed by atoms with E-state index in [0.717, 1.165) is 52.6 Å². The van der Waals surface area contributed by atoms with Crippen LogP contribution < -0.4 is 10.7 Å². The zero-order chi connectivity index (χ0) is 22.0. The van der Waals surface area contributed by atoms with Crippen molar-refractivity contribution >= 4 is 23.4 Å². The lowest BCUT2D eigenvalue weighted by Gasteiger charge is -2.33. The first kappa shape index (κ1) is 21.4. The van der Waals surface area contributed by atoms with E-state index in [1.165, 1.54) is 17.3 Å². The average molecular weight is 436 g/mol. The second kappa shape index (κ2) is 9.14. The highest BCUT2D eigenvalue weighted by molar-refractivity contribution is 8.00. The molecule has 31 heavy (non-hydrogen) atoms. The molecule has 1 aliphatic rings. The molecule has 0 unspecified atom stereocenters. The summed E-state index contributed by atoms with van der Waals surface area (Å²) in [6, 6.07) is 14.4.